The minimum Gasteiger partial charge on any atom is -0.375 e. The number of hydrogen-bond acceptors (Lipinski definition) is 3. The zero-order valence-corrected chi connectivity index (χ0v) is 17.8. The molecule has 2 aromatic rings. The van der Waals surface area contributed by atoms with Crippen LogP contribution in [0, 0.1) is 0 Å². The molecule has 3 rings (SSSR count). The highest BCUT2D eigenvalue weighted by molar-refractivity contribution is 5.80. The molecular formula is C24H34N4O. The van der Waals surface area contributed by atoms with E-state index < -0.39 is 0 Å². The van der Waals surface area contributed by atoms with Crippen molar-refractivity contribution in [1.29, 1.82) is 0 Å². The Morgan fingerprint density at radius 1 is 1.14 bits per heavy atom. The molecule has 0 amide bonds. The van der Waals surface area contributed by atoms with E-state index >= 15 is 0 Å². The number of benzene rings is 2. The van der Waals surface area contributed by atoms with E-state index in [1.54, 1.807) is 7.11 Å². The lowest BCUT2D eigenvalue weighted by atomic mass is 9.97. The second kappa shape index (κ2) is 11.0. The Bertz CT molecular complexity index is 750. The third-order valence-electron chi connectivity index (χ3n) is 5.72. The van der Waals surface area contributed by atoms with Crippen molar-refractivity contribution in [2.24, 2.45) is 4.99 Å². The molecule has 0 bridgehead atoms. The maximum Gasteiger partial charge on any atom is 0.191 e. The Kier molecular flexibility index (Phi) is 8.08. The van der Waals surface area contributed by atoms with E-state index in [-0.39, 0.29) is 6.10 Å². The summed E-state index contributed by atoms with van der Waals surface area (Å²) >= 11 is 0. The molecule has 1 aliphatic rings. The van der Waals surface area contributed by atoms with E-state index in [9.17, 15) is 0 Å². The number of hydrogen-bond donors (Lipinski definition) is 2. The number of rotatable bonds is 7. The third kappa shape index (κ3) is 6.31. The van der Waals surface area contributed by atoms with Crippen LogP contribution in [0.5, 0.6) is 0 Å². The molecule has 3 unspecified atom stereocenters. The summed E-state index contributed by atoms with van der Waals surface area (Å²) in [6.45, 7) is 5.12. The van der Waals surface area contributed by atoms with Gasteiger partial charge in [0.15, 0.2) is 5.96 Å². The normalized spacial score (nSPS) is 21.6. The van der Waals surface area contributed by atoms with Crippen LogP contribution in [0.25, 0.3) is 0 Å². The zero-order chi connectivity index (χ0) is 20.5. The Balaban J connectivity index is 1.47. The molecule has 29 heavy (non-hydrogen) atoms. The zero-order valence-electron chi connectivity index (χ0n) is 17.8. The van der Waals surface area contributed by atoms with Crippen LogP contribution in [0.4, 0.5) is 0 Å². The van der Waals surface area contributed by atoms with Gasteiger partial charge in [0.05, 0.1) is 6.10 Å². The molecule has 5 nitrogen and oxygen atoms in total. The molecule has 0 spiro atoms. The number of nitrogens with zero attached hydrogens (tertiary/aromatic N) is 2. The monoisotopic (exact) mass is 394 g/mol. The number of aliphatic imine (C=N–C) groups is 1. The first-order chi connectivity index (χ1) is 14.2. The molecule has 0 aliphatic carbocycles. The number of nitrogens with one attached hydrogen (secondary N) is 2. The molecule has 3 atom stereocenters. The number of guanidine groups is 1. The lowest BCUT2D eigenvalue weighted by Crippen LogP contribution is -2.51. The molecule has 1 fully saturated rings. The van der Waals surface area contributed by atoms with Crippen molar-refractivity contribution in [3.63, 3.8) is 0 Å². The molecule has 2 N–H and O–H groups in total. The van der Waals surface area contributed by atoms with Crippen molar-refractivity contribution < 1.29 is 4.74 Å². The first-order valence-corrected chi connectivity index (χ1v) is 10.5. The molecule has 1 aliphatic heterocycles. The number of likely N-dealkylation sites (tertiary alicyclic amines) is 1. The van der Waals surface area contributed by atoms with Gasteiger partial charge in [-0.2, -0.15) is 0 Å². The van der Waals surface area contributed by atoms with Gasteiger partial charge in [0, 0.05) is 45.9 Å². The second-order valence-electron chi connectivity index (χ2n) is 7.76. The number of ether oxygens (including phenoxy) is 1. The van der Waals surface area contributed by atoms with Gasteiger partial charge in [-0.15, -0.1) is 0 Å². The highest BCUT2D eigenvalue weighted by Gasteiger charge is 2.26. The molecule has 5 heteroatoms. The van der Waals surface area contributed by atoms with E-state index in [2.05, 4.69) is 69.9 Å². The lowest BCUT2D eigenvalue weighted by molar-refractivity contribution is 0.106. The maximum absolute atomic E-state index is 5.66. The summed E-state index contributed by atoms with van der Waals surface area (Å²) in [6.07, 6.45) is 2.23. The Morgan fingerprint density at radius 2 is 1.83 bits per heavy atom. The highest BCUT2D eigenvalue weighted by Crippen LogP contribution is 2.20. The van der Waals surface area contributed by atoms with Crippen LogP contribution in [-0.4, -0.2) is 50.2 Å². The van der Waals surface area contributed by atoms with E-state index in [0.29, 0.717) is 18.6 Å². The van der Waals surface area contributed by atoms with Gasteiger partial charge in [-0.3, -0.25) is 9.89 Å². The van der Waals surface area contributed by atoms with Crippen LogP contribution < -0.4 is 10.6 Å². The van der Waals surface area contributed by atoms with Crippen molar-refractivity contribution in [2.45, 2.75) is 44.5 Å². The van der Waals surface area contributed by atoms with Crippen LogP contribution in [0.15, 0.2) is 65.7 Å². The van der Waals surface area contributed by atoms with E-state index in [1.807, 2.05) is 25.2 Å². The molecule has 1 saturated heterocycles. The van der Waals surface area contributed by atoms with Crippen LogP contribution in [-0.2, 0) is 11.3 Å². The largest absolute Gasteiger partial charge is 0.375 e. The fourth-order valence-corrected chi connectivity index (χ4v) is 3.99. The Morgan fingerprint density at radius 3 is 2.45 bits per heavy atom. The highest BCUT2D eigenvalue weighted by atomic mass is 16.5. The summed E-state index contributed by atoms with van der Waals surface area (Å²) in [6, 6.07) is 22.0. The van der Waals surface area contributed by atoms with Gasteiger partial charge in [-0.1, -0.05) is 60.7 Å². The van der Waals surface area contributed by atoms with Gasteiger partial charge in [0.2, 0.25) is 0 Å². The summed E-state index contributed by atoms with van der Waals surface area (Å²) in [5.41, 5.74) is 2.55. The van der Waals surface area contributed by atoms with Crippen LogP contribution in [0.2, 0.25) is 0 Å². The van der Waals surface area contributed by atoms with E-state index in [1.165, 1.54) is 11.1 Å². The summed E-state index contributed by atoms with van der Waals surface area (Å²) in [5, 5.41) is 7.04. The van der Waals surface area contributed by atoms with Gasteiger partial charge < -0.3 is 15.4 Å². The number of methoxy groups -OCH3 is 1. The second-order valence-corrected chi connectivity index (χ2v) is 7.76. The van der Waals surface area contributed by atoms with Crippen molar-refractivity contribution in [3.8, 4) is 0 Å². The first kappa shape index (κ1) is 21.3. The fraction of sp³-hybridized carbons (Fsp3) is 0.458. The summed E-state index contributed by atoms with van der Waals surface area (Å²) in [7, 11) is 3.58. The maximum atomic E-state index is 5.66. The molecule has 1 heterocycles. The molecule has 2 aromatic carbocycles. The van der Waals surface area contributed by atoms with E-state index in [4.69, 9.17) is 4.74 Å². The molecule has 156 valence electrons. The summed E-state index contributed by atoms with van der Waals surface area (Å²) in [5.74, 6) is 0.844. The SMILES string of the molecule is CN=C(NCC(OC)c1ccccc1)NC1CCN(Cc2ccccc2)C(C)C1. The fourth-order valence-electron chi connectivity index (χ4n) is 3.99. The van der Waals surface area contributed by atoms with Crippen molar-refractivity contribution in [3.05, 3.63) is 71.8 Å². The van der Waals surface area contributed by atoms with Crippen LogP contribution in [0.1, 0.15) is 37.0 Å². The van der Waals surface area contributed by atoms with Gasteiger partial charge in [-0.05, 0) is 30.9 Å². The van der Waals surface area contributed by atoms with Crippen molar-refractivity contribution in [2.75, 3.05) is 27.2 Å². The van der Waals surface area contributed by atoms with Gasteiger partial charge in [0.25, 0.3) is 0 Å². The smallest absolute Gasteiger partial charge is 0.191 e. The van der Waals surface area contributed by atoms with Gasteiger partial charge in [0.1, 0.15) is 0 Å². The summed E-state index contributed by atoms with van der Waals surface area (Å²) < 4.78 is 5.66. The predicted molar refractivity (Wildman–Crippen MR) is 120 cm³/mol. The molecular weight excluding hydrogens is 360 g/mol. The first-order valence-electron chi connectivity index (χ1n) is 10.5. The molecule has 0 saturated carbocycles. The lowest BCUT2D eigenvalue weighted by Gasteiger charge is -2.38. The molecule has 0 radical (unpaired) electrons. The van der Waals surface area contributed by atoms with Crippen molar-refractivity contribution in [1.82, 2.24) is 15.5 Å². The average Bonchev–Trinajstić information content (AvgIpc) is 2.76. The van der Waals surface area contributed by atoms with Gasteiger partial charge in [-0.25, -0.2) is 0 Å². The minimum atomic E-state index is 0.00129. The average molecular weight is 395 g/mol. The number of piperidine rings is 1. The third-order valence-corrected chi connectivity index (χ3v) is 5.72. The standard InChI is InChI=1S/C24H34N4O/c1-19-16-22(14-15-28(19)18-20-10-6-4-7-11-20)27-24(25-2)26-17-23(29-3)21-12-8-5-9-13-21/h4-13,19,22-23H,14-18H2,1-3H3,(H2,25,26,27). The minimum absolute atomic E-state index is 0.00129. The predicted octanol–water partition coefficient (Wildman–Crippen LogP) is 3.59. The summed E-state index contributed by atoms with van der Waals surface area (Å²) in [4.78, 5) is 6.99. The van der Waals surface area contributed by atoms with Crippen LogP contribution >= 0.6 is 0 Å². The Hall–Kier alpha value is -2.37. The Labute approximate surface area is 175 Å². The topological polar surface area (TPSA) is 48.9 Å². The van der Waals surface area contributed by atoms with Crippen molar-refractivity contribution >= 4 is 5.96 Å². The van der Waals surface area contributed by atoms with Crippen LogP contribution in [0.3, 0.4) is 0 Å². The van der Waals surface area contributed by atoms with Gasteiger partial charge >= 0.3 is 0 Å². The molecule has 0 aromatic heterocycles. The van der Waals surface area contributed by atoms with E-state index in [0.717, 1.165) is 31.9 Å². The quantitative estimate of drug-likeness (QED) is 0.557.